The minimum absolute atomic E-state index is 0.00961. The van der Waals surface area contributed by atoms with Gasteiger partial charge in [0.25, 0.3) is 0 Å². The van der Waals surface area contributed by atoms with E-state index in [1.54, 1.807) is 0 Å². The molecule has 0 heterocycles. The van der Waals surface area contributed by atoms with E-state index >= 15 is 0 Å². The maximum absolute atomic E-state index is 11.5. The zero-order valence-corrected chi connectivity index (χ0v) is 14.1. The van der Waals surface area contributed by atoms with E-state index in [2.05, 4.69) is 12.6 Å². The molecule has 102 valence electrons. The van der Waals surface area contributed by atoms with Gasteiger partial charge in [0.2, 0.25) is 0 Å². The maximum atomic E-state index is 11.5. The molecule has 0 spiro atoms. The predicted octanol–water partition coefficient (Wildman–Crippen LogP) is 4.59. The van der Waals surface area contributed by atoms with Gasteiger partial charge in [-0.25, -0.2) is 0 Å². The van der Waals surface area contributed by atoms with Gasteiger partial charge in [0.1, 0.15) is 0 Å². The Bertz CT molecular complexity index is 248. The Balaban J connectivity index is 3.09. The molecule has 0 unspecified atom stereocenters. The van der Waals surface area contributed by atoms with E-state index < -0.39 is 13.5 Å². The summed E-state index contributed by atoms with van der Waals surface area (Å²) in [7, 11) is 0. The minimum atomic E-state index is -2.35. The van der Waals surface area contributed by atoms with Crippen LogP contribution in [0.5, 0.6) is 0 Å². The number of carbonyl (C=O) groups is 1. The number of carbonyl (C=O) groups excluding carboxylic acids is 1. The van der Waals surface area contributed by atoms with Crippen molar-refractivity contribution in [1.82, 2.24) is 0 Å². The molecule has 0 rings (SSSR count). The van der Waals surface area contributed by atoms with Crippen molar-refractivity contribution in [3.05, 3.63) is 0 Å². The molecule has 0 aliphatic carbocycles. The summed E-state index contributed by atoms with van der Waals surface area (Å²) in [4.78, 5) is 10.6. The Labute approximate surface area is 114 Å². The van der Waals surface area contributed by atoms with Crippen LogP contribution in [0.15, 0.2) is 0 Å². The van der Waals surface area contributed by atoms with E-state index in [0.717, 1.165) is 24.5 Å². The van der Waals surface area contributed by atoms with Crippen molar-refractivity contribution in [3.63, 3.8) is 0 Å². The van der Waals surface area contributed by atoms with E-state index in [1.165, 1.54) is 32.1 Å². The van der Waals surface area contributed by atoms with Crippen LogP contribution in [-0.4, -0.2) is 18.6 Å². The third kappa shape index (κ3) is 16.4. The van der Waals surface area contributed by atoms with Gasteiger partial charge in [-0.15, -0.1) is 0 Å². The van der Waals surface area contributed by atoms with Gasteiger partial charge in [0, 0.05) is 0 Å². The molecule has 0 N–H and O–H groups in total. The fourth-order valence-corrected chi connectivity index (χ4v) is 4.05. The summed E-state index contributed by atoms with van der Waals surface area (Å²) in [5.41, 5.74) is 3.86. The van der Waals surface area contributed by atoms with Crippen molar-refractivity contribution in [2.45, 2.75) is 74.4 Å². The molecule has 17 heavy (non-hydrogen) atoms. The van der Waals surface area contributed by atoms with Crippen molar-refractivity contribution in [2.75, 3.05) is 0 Å². The van der Waals surface area contributed by atoms with Crippen LogP contribution in [0, 0.1) is 0 Å². The third-order valence-electron chi connectivity index (χ3n) is 2.84. The molecule has 4 heteroatoms. The van der Waals surface area contributed by atoms with Crippen LogP contribution in [0.3, 0.4) is 0 Å². The van der Waals surface area contributed by atoms with Gasteiger partial charge in [0.15, 0.2) is 0 Å². The molecule has 0 saturated heterocycles. The Kier molecular flexibility index (Phi) is 10.5. The quantitative estimate of drug-likeness (QED) is 0.343. The fourth-order valence-electron chi connectivity index (χ4n) is 1.83. The molecule has 0 aromatic carbocycles. The number of unbranched alkanes of at least 4 members (excludes halogenated alkanes) is 7. The van der Waals surface area contributed by atoms with E-state index in [0.29, 0.717) is 6.42 Å². The van der Waals surface area contributed by atoms with Crippen LogP contribution in [0.4, 0.5) is 0 Å². The van der Waals surface area contributed by atoms with Crippen molar-refractivity contribution < 1.29 is 8.53 Å². The zero-order valence-electron chi connectivity index (χ0n) is 11.3. The van der Waals surface area contributed by atoms with Crippen molar-refractivity contribution in [1.29, 1.82) is 0 Å². The standard InChI is InChI=1S/C13H27AsO2S/c1-14(2,16)12-10-8-6-4-3-5-7-9-11-13(15)17/h3-12H2,1-2H3,(H,15,17). The van der Waals surface area contributed by atoms with Gasteiger partial charge in [0.05, 0.1) is 0 Å². The second-order valence-electron chi connectivity index (χ2n) is 5.27. The van der Waals surface area contributed by atoms with Gasteiger partial charge < -0.3 is 0 Å². The molecule has 0 atom stereocenters. The molecule has 0 saturated carbocycles. The van der Waals surface area contributed by atoms with Gasteiger partial charge in [-0.1, -0.05) is 0 Å². The third-order valence-corrected chi connectivity index (χ3v) is 5.98. The SMILES string of the molecule is C[As](C)(=O)CCCCCCCCCCC(=O)S. The first kappa shape index (κ1) is 17.4. The number of hydrogen-bond acceptors (Lipinski definition) is 2. The summed E-state index contributed by atoms with van der Waals surface area (Å²) >= 11 is 1.39. The summed E-state index contributed by atoms with van der Waals surface area (Å²) in [6.45, 7) is 0. The predicted molar refractivity (Wildman–Crippen MR) is 78.5 cm³/mol. The number of hydrogen-bond donors (Lipinski definition) is 1. The van der Waals surface area contributed by atoms with Crippen LogP contribution in [0.2, 0.25) is 16.6 Å². The summed E-state index contributed by atoms with van der Waals surface area (Å²) < 4.78 is 11.5. The van der Waals surface area contributed by atoms with Crippen LogP contribution in [-0.2, 0) is 8.53 Å². The van der Waals surface area contributed by atoms with E-state index in [-0.39, 0.29) is 5.12 Å². The first-order valence-corrected chi connectivity index (χ1v) is 13.0. The van der Waals surface area contributed by atoms with E-state index in [4.69, 9.17) is 0 Å². The fraction of sp³-hybridized carbons (Fsp3) is 0.923. The molecule has 0 radical (unpaired) electrons. The van der Waals surface area contributed by atoms with Gasteiger partial charge in [-0.2, -0.15) is 0 Å². The summed E-state index contributed by atoms with van der Waals surface area (Å²) in [5.74, 6) is 0. The van der Waals surface area contributed by atoms with Crippen LogP contribution in [0.25, 0.3) is 0 Å². The molecule has 0 fully saturated rings. The summed E-state index contributed by atoms with van der Waals surface area (Å²) in [6, 6.07) is 0. The average molecular weight is 322 g/mol. The Morgan fingerprint density at radius 1 is 0.882 bits per heavy atom. The van der Waals surface area contributed by atoms with Crippen molar-refractivity contribution >= 4 is 31.2 Å². The van der Waals surface area contributed by atoms with Gasteiger partial charge in [-0.05, 0) is 0 Å². The molecule has 2 nitrogen and oxygen atoms in total. The molecule has 0 aromatic rings. The molecular formula is C13H27AsO2S. The summed E-state index contributed by atoms with van der Waals surface area (Å²) in [5, 5.41) is 0.970. The zero-order chi connectivity index (χ0) is 13.1. The van der Waals surface area contributed by atoms with Crippen LogP contribution >= 0.6 is 12.6 Å². The topological polar surface area (TPSA) is 34.1 Å². The Morgan fingerprint density at radius 3 is 1.71 bits per heavy atom. The van der Waals surface area contributed by atoms with Gasteiger partial charge in [-0.3, -0.25) is 0 Å². The summed E-state index contributed by atoms with van der Waals surface area (Å²) in [6.07, 6.45) is 10.1. The second-order valence-corrected chi connectivity index (χ2v) is 13.3. The number of thiol groups is 1. The van der Waals surface area contributed by atoms with Crippen LogP contribution in [0.1, 0.15) is 57.8 Å². The molecule has 0 amide bonds. The first-order valence-electron chi connectivity index (χ1n) is 6.67. The molecular weight excluding hydrogens is 295 g/mol. The van der Waals surface area contributed by atoms with Crippen LogP contribution < -0.4 is 0 Å². The Hall–Kier alpha value is 0.378. The molecule has 0 aliphatic rings. The monoisotopic (exact) mass is 322 g/mol. The van der Waals surface area contributed by atoms with E-state index in [9.17, 15) is 8.53 Å². The Morgan fingerprint density at radius 2 is 1.29 bits per heavy atom. The first-order chi connectivity index (χ1) is 7.92. The molecule has 0 aliphatic heterocycles. The number of rotatable bonds is 11. The van der Waals surface area contributed by atoms with Crippen molar-refractivity contribution in [2.24, 2.45) is 0 Å². The molecule has 0 aromatic heterocycles. The average Bonchev–Trinajstić information content (AvgIpc) is 2.18. The normalized spacial score (nSPS) is 11.7. The van der Waals surface area contributed by atoms with Crippen molar-refractivity contribution in [3.8, 4) is 0 Å². The second kappa shape index (κ2) is 10.3. The van der Waals surface area contributed by atoms with E-state index in [1.807, 2.05) is 11.4 Å². The molecule has 0 bridgehead atoms. The van der Waals surface area contributed by atoms with Gasteiger partial charge >= 0.3 is 114 Å².